The molecule has 0 atom stereocenters. The number of carbonyl (C=O) groups is 1. The Morgan fingerprint density at radius 1 is 1.40 bits per heavy atom. The van der Waals surface area contributed by atoms with Gasteiger partial charge in [-0.25, -0.2) is 5.43 Å². The third-order valence-electron chi connectivity index (χ3n) is 4.68. The number of carbonyl (C=O) groups excluding carboxylic acids is 1. The van der Waals surface area contributed by atoms with Crippen molar-refractivity contribution in [1.82, 2.24) is 10.3 Å². The van der Waals surface area contributed by atoms with E-state index in [4.69, 9.17) is 4.74 Å². The number of likely N-dealkylation sites (tertiary alicyclic amines) is 1. The van der Waals surface area contributed by atoms with E-state index in [2.05, 4.69) is 28.4 Å². The van der Waals surface area contributed by atoms with E-state index < -0.39 is 0 Å². The van der Waals surface area contributed by atoms with Crippen LogP contribution in [0.3, 0.4) is 0 Å². The summed E-state index contributed by atoms with van der Waals surface area (Å²) in [6, 6.07) is 0. The van der Waals surface area contributed by atoms with Crippen LogP contribution in [0.5, 0.6) is 0 Å². The SMILES string of the molecule is COC1(C)CCN(C2=CC(C3CC3)=NNC(=O)C2)CC1. The molecule has 1 aliphatic carbocycles. The number of ether oxygens (including phenoxy) is 1. The summed E-state index contributed by atoms with van der Waals surface area (Å²) in [5.41, 5.74) is 4.80. The first-order chi connectivity index (χ1) is 9.59. The fraction of sp³-hybridized carbons (Fsp3) is 0.733. The van der Waals surface area contributed by atoms with E-state index in [0.29, 0.717) is 12.3 Å². The molecule has 0 radical (unpaired) electrons. The Kier molecular flexibility index (Phi) is 3.54. The Labute approximate surface area is 120 Å². The largest absolute Gasteiger partial charge is 0.378 e. The summed E-state index contributed by atoms with van der Waals surface area (Å²) in [5, 5.41) is 4.25. The van der Waals surface area contributed by atoms with Crippen LogP contribution in [0.4, 0.5) is 0 Å². The lowest BCUT2D eigenvalue weighted by Gasteiger charge is -2.40. The third-order valence-corrected chi connectivity index (χ3v) is 4.68. The van der Waals surface area contributed by atoms with Crippen molar-refractivity contribution < 1.29 is 9.53 Å². The highest BCUT2D eigenvalue weighted by atomic mass is 16.5. The molecule has 0 aromatic heterocycles. The third kappa shape index (κ3) is 2.87. The second kappa shape index (κ2) is 5.20. The van der Waals surface area contributed by atoms with Crippen LogP contribution in [0.1, 0.15) is 39.0 Å². The smallest absolute Gasteiger partial charge is 0.245 e. The van der Waals surface area contributed by atoms with Crippen molar-refractivity contribution in [3.63, 3.8) is 0 Å². The van der Waals surface area contributed by atoms with Gasteiger partial charge in [-0.15, -0.1) is 0 Å². The monoisotopic (exact) mass is 277 g/mol. The Balaban J connectivity index is 1.72. The minimum Gasteiger partial charge on any atom is -0.378 e. The molecule has 5 heteroatoms. The van der Waals surface area contributed by atoms with Crippen LogP contribution in [0.25, 0.3) is 0 Å². The lowest BCUT2D eigenvalue weighted by Crippen LogP contribution is -2.43. The standard InChI is InChI=1S/C15H23N3O2/c1-15(20-2)5-7-18(8-6-15)12-9-13(11-3-4-11)16-17-14(19)10-12/h9,11H,3-8,10H2,1-2H3,(H,17,19). The number of hydrogen-bond donors (Lipinski definition) is 1. The highest BCUT2D eigenvalue weighted by Crippen LogP contribution is 2.33. The minimum absolute atomic E-state index is 0.00743. The van der Waals surface area contributed by atoms with Crippen molar-refractivity contribution >= 4 is 11.6 Å². The van der Waals surface area contributed by atoms with Gasteiger partial charge in [0.25, 0.3) is 0 Å². The summed E-state index contributed by atoms with van der Waals surface area (Å²) < 4.78 is 5.58. The molecule has 0 unspecified atom stereocenters. The first-order valence-electron chi connectivity index (χ1n) is 7.47. The molecule has 20 heavy (non-hydrogen) atoms. The number of rotatable bonds is 3. The number of allylic oxidation sites excluding steroid dienone is 1. The van der Waals surface area contributed by atoms with Crippen molar-refractivity contribution in [2.45, 2.75) is 44.6 Å². The average molecular weight is 277 g/mol. The van der Waals surface area contributed by atoms with E-state index in [9.17, 15) is 4.79 Å². The summed E-state index contributed by atoms with van der Waals surface area (Å²) in [6.07, 6.45) is 6.95. The predicted molar refractivity (Wildman–Crippen MR) is 77.2 cm³/mol. The molecule has 1 amide bonds. The summed E-state index contributed by atoms with van der Waals surface area (Å²) in [7, 11) is 1.78. The molecule has 0 spiro atoms. The molecule has 1 saturated heterocycles. The maximum absolute atomic E-state index is 11.8. The Morgan fingerprint density at radius 2 is 2.10 bits per heavy atom. The number of hydrogen-bond acceptors (Lipinski definition) is 4. The second-order valence-electron chi connectivity index (χ2n) is 6.30. The average Bonchev–Trinajstić information content (AvgIpc) is 3.27. The van der Waals surface area contributed by atoms with Crippen LogP contribution in [0, 0.1) is 5.92 Å². The second-order valence-corrected chi connectivity index (χ2v) is 6.30. The zero-order chi connectivity index (χ0) is 14.2. The summed E-state index contributed by atoms with van der Waals surface area (Å²) >= 11 is 0. The van der Waals surface area contributed by atoms with Crippen molar-refractivity contribution in [2.75, 3.05) is 20.2 Å². The highest BCUT2D eigenvalue weighted by molar-refractivity contribution is 6.01. The van der Waals surface area contributed by atoms with E-state index in [1.807, 2.05) is 0 Å². The van der Waals surface area contributed by atoms with Gasteiger partial charge in [0.05, 0.1) is 17.7 Å². The van der Waals surface area contributed by atoms with Crippen molar-refractivity contribution in [2.24, 2.45) is 11.0 Å². The maximum Gasteiger partial charge on any atom is 0.245 e. The van der Waals surface area contributed by atoms with Crippen molar-refractivity contribution in [1.29, 1.82) is 0 Å². The molecule has 3 aliphatic rings. The number of hydrazone groups is 1. The molecule has 0 bridgehead atoms. The molecule has 3 rings (SSSR count). The topological polar surface area (TPSA) is 53.9 Å². The van der Waals surface area contributed by atoms with Gasteiger partial charge in [-0.05, 0) is 38.7 Å². The van der Waals surface area contributed by atoms with E-state index in [1.165, 1.54) is 12.8 Å². The van der Waals surface area contributed by atoms with Crippen LogP contribution >= 0.6 is 0 Å². The summed E-state index contributed by atoms with van der Waals surface area (Å²) in [4.78, 5) is 14.1. The number of amides is 1. The van der Waals surface area contributed by atoms with Gasteiger partial charge in [0.15, 0.2) is 0 Å². The lowest BCUT2D eigenvalue weighted by atomic mass is 9.92. The number of nitrogens with zero attached hydrogens (tertiary/aromatic N) is 2. The molecule has 2 heterocycles. The summed E-state index contributed by atoms with van der Waals surface area (Å²) in [5.74, 6) is 0.546. The van der Waals surface area contributed by atoms with Gasteiger partial charge < -0.3 is 9.64 Å². The van der Waals surface area contributed by atoms with E-state index in [1.54, 1.807) is 7.11 Å². The zero-order valence-corrected chi connectivity index (χ0v) is 12.3. The number of nitrogens with one attached hydrogen (secondary N) is 1. The molecule has 110 valence electrons. The minimum atomic E-state index is -0.0164. The van der Waals surface area contributed by atoms with Crippen LogP contribution in [-0.2, 0) is 9.53 Å². The molecular formula is C15H23N3O2. The number of piperidine rings is 1. The van der Waals surface area contributed by atoms with Crippen molar-refractivity contribution in [3.8, 4) is 0 Å². The lowest BCUT2D eigenvalue weighted by molar-refractivity contribution is -0.120. The van der Waals surface area contributed by atoms with Gasteiger partial charge in [-0.3, -0.25) is 4.79 Å². The Hall–Kier alpha value is -1.36. The van der Waals surface area contributed by atoms with Gasteiger partial charge in [-0.2, -0.15) is 5.10 Å². The normalized spacial score (nSPS) is 26.5. The van der Waals surface area contributed by atoms with Gasteiger partial charge in [0.2, 0.25) is 5.91 Å². The Bertz CT molecular complexity index is 458. The zero-order valence-electron chi connectivity index (χ0n) is 12.3. The molecule has 1 N–H and O–H groups in total. The van der Waals surface area contributed by atoms with E-state index in [0.717, 1.165) is 37.3 Å². The molecule has 1 saturated carbocycles. The predicted octanol–water partition coefficient (Wildman–Crippen LogP) is 1.66. The quantitative estimate of drug-likeness (QED) is 0.853. The van der Waals surface area contributed by atoms with Crippen molar-refractivity contribution in [3.05, 3.63) is 11.8 Å². The van der Waals surface area contributed by atoms with E-state index in [-0.39, 0.29) is 11.5 Å². The van der Waals surface area contributed by atoms with E-state index >= 15 is 0 Å². The number of methoxy groups -OCH3 is 1. The van der Waals surface area contributed by atoms with Crippen LogP contribution < -0.4 is 5.43 Å². The van der Waals surface area contributed by atoms with Crippen LogP contribution in [0.15, 0.2) is 16.9 Å². The molecule has 0 aromatic rings. The van der Waals surface area contributed by atoms with Crippen LogP contribution in [0.2, 0.25) is 0 Å². The summed E-state index contributed by atoms with van der Waals surface area (Å²) in [6.45, 7) is 4.05. The molecule has 2 fully saturated rings. The molecule has 2 aliphatic heterocycles. The Morgan fingerprint density at radius 3 is 2.70 bits per heavy atom. The maximum atomic E-state index is 11.8. The first kappa shape index (κ1) is 13.6. The van der Waals surface area contributed by atoms with Gasteiger partial charge in [-0.1, -0.05) is 0 Å². The van der Waals surface area contributed by atoms with Gasteiger partial charge in [0, 0.05) is 31.8 Å². The fourth-order valence-corrected chi connectivity index (χ4v) is 2.85. The van der Waals surface area contributed by atoms with Crippen LogP contribution in [-0.4, -0.2) is 42.3 Å². The van der Waals surface area contributed by atoms with Gasteiger partial charge in [0.1, 0.15) is 0 Å². The molecule has 0 aromatic carbocycles. The molecule has 5 nitrogen and oxygen atoms in total. The highest BCUT2D eigenvalue weighted by Gasteiger charge is 2.33. The fourth-order valence-electron chi connectivity index (χ4n) is 2.85. The first-order valence-corrected chi connectivity index (χ1v) is 7.47. The molecular weight excluding hydrogens is 254 g/mol. The van der Waals surface area contributed by atoms with Gasteiger partial charge >= 0.3 is 0 Å².